The van der Waals surface area contributed by atoms with Gasteiger partial charge in [0, 0.05) is 56.2 Å². The van der Waals surface area contributed by atoms with Crippen LogP contribution >= 0.6 is 11.3 Å². The number of halogens is 2. The number of hydrogen-bond donors (Lipinski definition) is 1. The number of rotatable bonds is 6. The molecule has 39 heavy (non-hydrogen) atoms. The third-order valence-corrected chi connectivity index (χ3v) is 10.0. The minimum absolute atomic E-state index is 0.169. The van der Waals surface area contributed by atoms with Gasteiger partial charge in [-0.15, -0.1) is 0 Å². The second kappa shape index (κ2) is 8.97. The van der Waals surface area contributed by atoms with Crippen LogP contribution in [0.5, 0.6) is 0 Å². The van der Waals surface area contributed by atoms with Crippen LogP contribution in [-0.4, -0.2) is 61.1 Å². The first-order valence-corrected chi connectivity index (χ1v) is 15.1. The number of aryl methyl sites for hydroxylation is 1. The number of sulfone groups is 1. The van der Waals surface area contributed by atoms with Gasteiger partial charge in [-0.2, -0.15) is 5.26 Å². The summed E-state index contributed by atoms with van der Waals surface area (Å²) in [5, 5.41) is 12.7. The van der Waals surface area contributed by atoms with Gasteiger partial charge in [0.05, 0.1) is 11.4 Å². The van der Waals surface area contributed by atoms with Crippen LogP contribution in [0.25, 0.3) is 16.9 Å². The number of hydrogen-bond acceptors (Lipinski definition) is 9. The van der Waals surface area contributed by atoms with Crippen molar-refractivity contribution >= 4 is 43.5 Å². The molecule has 1 aromatic carbocycles. The first kappa shape index (κ1) is 25.7. The summed E-state index contributed by atoms with van der Waals surface area (Å²) in [7, 11) is -1.45. The third-order valence-electron chi connectivity index (χ3n) is 7.48. The van der Waals surface area contributed by atoms with E-state index < -0.39 is 21.0 Å². The summed E-state index contributed by atoms with van der Waals surface area (Å²) in [6.07, 6.45) is 3.58. The summed E-state index contributed by atoms with van der Waals surface area (Å²) in [5.41, 5.74) is 2.16. The molecule has 202 valence electrons. The zero-order valence-electron chi connectivity index (χ0n) is 21.4. The van der Waals surface area contributed by atoms with E-state index in [1.54, 1.807) is 28.5 Å². The van der Waals surface area contributed by atoms with Crippen LogP contribution in [0.15, 0.2) is 36.5 Å². The molecule has 2 fully saturated rings. The van der Waals surface area contributed by atoms with Gasteiger partial charge in [0.1, 0.15) is 33.6 Å². The summed E-state index contributed by atoms with van der Waals surface area (Å²) < 4.78 is 54.8. The van der Waals surface area contributed by atoms with Crippen molar-refractivity contribution in [2.45, 2.75) is 18.7 Å². The van der Waals surface area contributed by atoms with Gasteiger partial charge in [-0.25, -0.2) is 27.2 Å². The molecule has 1 spiro atoms. The highest BCUT2D eigenvalue weighted by Gasteiger charge is 2.59. The summed E-state index contributed by atoms with van der Waals surface area (Å²) >= 11 is 1.19. The molecular formula is C26H25F2N7O2S2. The molecule has 6 rings (SSSR count). The van der Waals surface area contributed by atoms with Gasteiger partial charge < -0.3 is 9.80 Å². The Morgan fingerprint density at radius 1 is 1.26 bits per heavy atom. The Morgan fingerprint density at radius 2 is 1.97 bits per heavy atom. The largest absolute Gasteiger partial charge is 0.369 e. The first-order valence-electron chi connectivity index (χ1n) is 12.3. The zero-order valence-corrected chi connectivity index (χ0v) is 23.1. The van der Waals surface area contributed by atoms with Crippen LogP contribution in [0.4, 0.5) is 25.4 Å². The van der Waals surface area contributed by atoms with Crippen molar-refractivity contribution in [3.63, 3.8) is 0 Å². The smallest absolute Gasteiger partial charge is 0.192 e. The lowest BCUT2D eigenvalue weighted by molar-refractivity contribution is 0.0935. The molecule has 5 heterocycles. The fourth-order valence-corrected chi connectivity index (χ4v) is 7.94. The van der Waals surface area contributed by atoms with E-state index in [2.05, 4.69) is 21.4 Å². The molecule has 2 saturated heterocycles. The van der Waals surface area contributed by atoms with Crippen LogP contribution in [0.1, 0.15) is 17.5 Å². The van der Waals surface area contributed by atoms with E-state index in [-0.39, 0.29) is 16.9 Å². The Hall–Kier alpha value is -3.60. The SMILES string of the molecule is CCc1nc2c(F)cc(N3CC4(CNC4S(C)(=O)=O)C3)cn2c1N(C)c1nc(-c2ccc(F)cc2)c(C#N)s1. The Labute approximate surface area is 228 Å². The quantitative estimate of drug-likeness (QED) is 0.375. The third kappa shape index (κ3) is 4.05. The standard InChI is InChI=1S/C26H25F2N7O2S2/c1-4-19-23(33(2)25-32-21(20(10-29)38-25)15-5-7-16(27)8-6-15)35-11-17(9-18(28)22(35)31-19)34-13-26(14-34)12-30-24(26)39(3,36)37/h5-9,11,24,30H,4,12-14H2,1-3H3. The number of nitrogens with zero attached hydrogens (tertiary/aromatic N) is 6. The summed E-state index contributed by atoms with van der Waals surface area (Å²) in [5.74, 6) is -0.251. The van der Waals surface area contributed by atoms with Gasteiger partial charge in [-0.3, -0.25) is 9.72 Å². The Bertz CT molecular complexity index is 1750. The lowest BCUT2D eigenvalue weighted by atomic mass is 9.74. The second-order valence-corrected chi connectivity index (χ2v) is 13.2. The molecule has 1 N–H and O–H groups in total. The van der Waals surface area contributed by atoms with Crippen LogP contribution in [0, 0.1) is 28.4 Å². The molecule has 4 aromatic rings. The molecule has 1 unspecified atom stereocenters. The summed E-state index contributed by atoms with van der Waals surface area (Å²) in [6.45, 7) is 3.54. The van der Waals surface area contributed by atoms with Gasteiger partial charge in [-0.05, 0) is 30.7 Å². The van der Waals surface area contributed by atoms with Crippen LogP contribution < -0.4 is 15.1 Å². The number of aromatic nitrogens is 3. The molecule has 0 saturated carbocycles. The fraction of sp³-hybridized carbons (Fsp3) is 0.346. The topological polar surface area (TPSA) is 107 Å². The number of anilines is 3. The van der Waals surface area contributed by atoms with E-state index >= 15 is 4.39 Å². The van der Waals surface area contributed by atoms with Gasteiger partial charge in [0.2, 0.25) is 0 Å². The number of benzene rings is 1. The Morgan fingerprint density at radius 3 is 2.56 bits per heavy atom. The summed E-state index contributed by atoms with van der Waals surface area (Å²) in [4.78, 5) is 13.4. The zero-order chi connectivity index (χ0) is 27.7. The molecule has 9 nitrogen and oxygen atoms in total. The van der Waals surface area contributed by atoms with Gasteiger partial charge in [-0.1, -0.05) is 18.3 Å². The maximum atomic E-state index is 15.4. The van der Waals surface area contributed by atoms with Crippen LogP contribution in [-0.2, 0) is 16.3 Å². The molecular weight excluding hydrogens is 544 g/mol. The summed E-state index contributed by atoms with van der Waals surface area (Å²) in [6, 6.07) is 9.40. The average molecular weight is 570 g/mol. The van der Waals surface area contributed by atoms with E-state index in [1.807, 2.05) is 18.0 Å². The normalized spacial score (nSPS) is 18.2. The van der Waals surface area contributed by atoms with Gasteiger partial charge >= 0.3 is 0 Å². The molecule has 0 aliphatic carbocycles. The number of nitrogens with one attached hydrogen (secondary N) is 1. The highest BCUT2D eigenvalue weighted by Crippen LogP contribution is 2.44. The predicted molar refractivity (Wildman–Crippen MR) is 146 cm³/mol. The molecule has 3 aromatic heterocycles. The maximum Gasteiger partial charge on any atom is 0.192 e. The lowest BCUT2D eigenvalue weighted by Gasteiger charge is -2.60. The molecule has 0 bridgehead atoms. The van der Waals surface area contributed by atoms with Crippen molar-refractivity contribution in [3.05, 3.63) is 58.7 Å². The number of imidazole rings is 1. The van der Waals surface area contributed by atoms with E-state index in [0.29, 0.717) is 64.5 Å². The van der Waals surface area contributed by atoms with Crippen molar-refractivity contribution in [1.82, 2.24) is 19.7 Å². The van der Waals surface area contributed by atoms with E-state index in [9.17, 15) is 18.1 Å². The Kier molecular flexibility index (Phi) is 5.90. The molecule has 1 atom stereocenters. The van der Waals surface area contributed by atoms with Crippen LogP contribution in [0.2, 0.25) is 0 Å². The van der Waals surface area contributed by atoms with Crippen molar-refractivity contribution in [1.29, 1.82) is 5.26 Å². The van der Waals surface area contributed by atoms with E-state index in [1.165, 1.54) is 35.8 Å². The van der Waals surface area contributed by atoms with Crippen molar-refractivity contribution in [3.8, 4) is 17.3 Å². The highest BCUT2D eigenvalue weighted by atomic mass is 32.2. The minimum atomic E-state index is -3.24. The second-order valence-electron chi connectivity index (χ2n) is 10.1. The first-order chi connectivity index (χ1) is 18.5. The van der Waals surface area contributed by atoms with Gasteiger partial charge in [0.15, 0.2) is 26.4 Å². The van der Waals surface area contributed by atoms with Gasteiger partial charge in [0.25, 0.3) is 0 Å². The molecule has 2 aliphatic rings. The van der Waals surface area contributed by atoms with Crippen LogP contribution in [0.3, 0.4) is 0 Å². The number of nitriles is 1. The maximum absolute atomic E-state index is 15.4. The Balaban J connectivity index is 1.38. The monoisotopic (exact) mass is 569 g/mol. The number of thiazole rings is 1. The molecule has 2 aliphatic heterocycles. The minimum Gasteiger partial charge on any atom is -0.369 e. The molecule has 0 radical (unpaired) electrons. The number of pyridine rings is 1. The molecule has 0 amide bonds. The van der Waals surface area contributed by atoms with Crippen molar-refractivity contribution in [2.75, 3.05) is 42.7 Å². The lowest BCUT2D eigenvalue weighted by Crippen LogP contribution is -2.78. The van der Waals surface area contributed by atoms with Crippen molar-refractivity contribution in [2.24, 2.45) is 5.41 Å². The predicted octanol–water partition coefficient (Wildman–Crippen LogP) is 3.72. The van der Waals surface area contributed by atoms with E-state index in [0.717, 1.165) is 0 Å². The highest BCUT2D eigenvalue weighted by molar-refractivity contribution is 7.91. The van der Waals surface area contributed by atoms with E-state index in [4.69, 9.17) is 0 Å². The average Bonchev–Trinajstić information content (AvgIpc) is 3.44. The van der Waals surface area contributed by atoms with Crippen molar-refractivity contribution < 1.29 is 17.2 Å². The number of fused-ring (bicyclic) bond motifs is 1. The fourth-order valence-electron chi connectivity index (χ4n) is 5.57. The molecule has 13 heteroatoms.